The van der Waals surface area contributed by atoms with Crippen molar-refractivity contribution in [1.82, 2.24) is 0 Å². The molecule has 7 rings (SSSR count). The number of esters is 2. The summed E-state index contributed by atoms with van der Waals surface area (Å²) in [6.07, 6.45) is 3.10. The largest absolute Gasteiger partial charge is 0.463 e. The maximum atomic E-state index is 13.3. The molecule has 40 heavy (non-hydrogen) atoms. The van der Waals surface area contributed by atoms with Crippen LogP contribution in [0.1, 0.15) is 47.0 Å². The maximum Gasteiger partial charge on any atom is 0.338 e. The van der Waals surface area contributed by atoms with Crippen molar-refractivity contribution in [2.45, 2.75) is 113 Å². The monoisotopic (exact) mass is 562 g/mol. The number of hydrogen-bond acceptors (Lipinski definition) is 11. The number of carbonyl (C=O) groups is 2. The molecule has 4 saturated heterocycles. The highest BCUT2D eigenvalue weighted by Gasteiger charge is 2.88. The van der Waals surface area contributed by atoms with Crippen LogP contribution in [0.2, 0.25) is 0 Å². The molecule has 11 heteroatoms. The SMILES string of the molecule is C[C@H](O)[C@H]1/C=C\C=C\C(=O)O[C@H]2C[C@@]3([C@H]4CO4)O[C@@H]4[C@@H]5O[C@]5(C)CC[C@]4(COC(=O)[C@H]4O[C@@]4(C)[C@H](O)CO1)[C@]23C. The van der Waals surface area contributed by atoms with Crippen LogP contribution in [0, 0.1) is 10.8 Å². The number of hydrogen-bond donors (Lipinski definition) is 2. The maximum absolute atomic E-state index is 13.3. The Morgan fingerprint density at radius 3 is 2.48 bits per heavy atom. The average Bonchev–Trinajstić information content (AvgIpc) is 3.81. The Labute approximate surface area is 232 Å². The molecule has 220 valence electrons. The van der Waals surface area contributed by atoms with E-state index >= 15 is 0 Å². The first-order chi connectivity index (χ1) is 18.9. The van der Waals surface area contributed by atoms with E-state index in [0.717, 1.165) is 6.42 Å². The van der Waals surface area contributed by atoms with Gasteiger partial charge in [0.2, 0.25) is 0 Å². The third-order valence-corrected chi connectivity index (χ3v) is 11.1. The molecule has 6 fully saturated rings. The van der Waals surface area contributed by atoms with Crippen molar-refractivity contribution in [3.05, 3.63) is 24.3 Å². The van der Waals surface area contributed by atoms with Gasteiger partial charge in [-0.25, -0.2) is 9.59 Å². The summed E-state index contributed by atoms with van der Waals surface area (Å²) < 4.78 is 42.3. The standard InChI is InChI=1S/C29H38O11/c1-15(30)16-7-5-6-8-20(32)37-18-11-29(19-13-35-19)27(18,4)28(10-9-25(2)21(38-25)22(28)40-29)14-36-24(33)23-26(3,39-23)17(31)12-34-16/h5-8,15-19,21-23,30-31H,9-14H2,1-4H3/b7-5-,8-6+/t15-,16+,17+,18-,19+,21-,22+,23+,25+,26-,27-,28+,29-/m0/s1. The number of cyclic esters (lactones) is 1. The van der Waals surface area contributed by atoms with E-state index in [1.54, 1.807) is 26.0 Å². The zero-order chi connectivity index (χ0) is 28.3. The molecule has 1 spiro atoms. The predicted octanol–water partition coefficient (Wildman–Crippen LogP) is 0.736. The van der Waals surface area contributed by atoms with E-state index in [1.807, 2.05) is 0 Å². The number of allylic oxidation sites excluding steroid dienone is 2. The Bertz CT molecular complexity index is 1160. The van der Waals surface area contributed by atoms with Gasteiger partial charge in [0.15, 0.2) is 6.10 Å². The van der Waals surface area contributed by atoms with Gasteiger partial charge in [0, 0.05) is 23.3 Å². The van der Waals surface area contributed by atoms with E-state index in [4.69, 9.17) is 33.2 Å². The van der Waals surface area contributed by atoms with Crippen LogP contribution in [0.4, 0.5) is 0 Å². The predicted molar refractivity (Wildman–Crippen MR) is 135 cm³/mol. The minimum Gasteiger partial charge on any atom is -0.463 e. The van der Waals surface area contributed by atoms with Gasteiger partial charge in [0.05, 0.1) is 31.0 Å². The van der Waals surface area contributed by atoms with E-state index in [0.29, 0.717) is 19.4 Å². The van der Waals surface area contributed by atoms with E-state index in [-0.39, 0.29) is 37.1 Å². The Morgan fingerprint density at radius 1 is 0.975 bits per heavy atom. The van der Waals surface area contributed by atoms with Gasteiger partial charge in [0.25, 0.3) is 0 Å². The summed E-state index contributed by atoms with van der Waals surface area (Å²) in [4.78, 5) is 26.3. The number of rotatable bonds is 2. The molecule has 2 saturated carbocycles. The number of fused-ring (bicyclic) bond motifs is 3. The topological polar surface area (TPSA) is 149 Å². The lowest BCUT2D eigenvalue weighted by Crippen LogP contribution is -2.72. The third-order valence-electron chi connectivity index (χ3n) is 11.1. The molecular formula is C29H38O11. The van der Waals surface area contributed by atoms with Crippen LogP contribution in [0.3, 0.4) is 0 Å². The van der Waals surface area contributed by atoms with Gasteiger partial charge in [-0.2, -0.15) is 0 Å². The zero-order valence-electron chi connectivity index (χ0n) is 23.2. The van der Waals surface area contributed by atoms with Crippen molar-refractivity contribution in [1.29, 1.82) is 0 Å². The van der Waals surface area contributed by atoms with Gasteiger partial charge < -0.3 is 43.4 Å². The molecule has 0 aromatic carbocycles. The number of carbonyl (C=O) groups excluding carboxylic acids is 2. The second-order valence-electron chi connectivity index (χ2n) is 13.2. The van der Waals surface area contributed by atoms with Crippen LogP contribution < -0.4 is 0 Å². The third kappa shape index (κ3) is 3.55. The van der Waals surface area contributed by atoms with E-state index in [2.05, 4.69) is 13.8 Å². The quantitative estimate of drug-likeness (QED) is 0.362. The second-order valence-corrected chi connectivity index (χ2v) is 13.2. The molecule has 11 nitrogen and oxygen atoms in total. The Morgan fingerprint density at radius 2 is 1.75 bits per heavy atom. The molecule has 0 amide bonds. The van der Waals surface area contributed by atoms with Crippen molar-refractivity contribution in [3.63, 3.8) is 0 Å². The van der Waals surface area contributed by atoms with Gasteiger partial charge in [-0.05, 0) is 33.6 Å². The van der Waals surface area contributed by atoms with Crippen LogP contribution in [0.25, 0.3) is 0 Å². The molecule has 0 unspecified atom stereocenters. The van der Waals surface area contributed by atoms with Crippen LogP contribution in [0.5, 0.6) is 0 Å². The van der Waals surface area contributed by atoms with E-state index in [1.165, 1.54) is 12.2 Å². The fourth-order valence-electron chi connectivity index (χ4n) is 8.01. The molecule has 5 aliphatic heterocycles. The highest BCUT2D eigenvalue weighted by Crippen LogP contribution is 2.77. The molecule has 0 aromatic rings. The van der Waals surface area contributed by atoms with Crippen LogP contribution >= 0.6 is 0 Å². The first-order valence-electron chi connectivity index (χ1n) is 14.3. The van der Waals surface area contributed by atoms with E-state index < -0.39 is 64.5 Å². The Balaban J connectivity index is 1.23. The van der Waals surface area contributed by atoms with Gasteiger partial charge in [0.1, 0.15) is 48.3 Å². The van der Waals surface area contributed by atoms with Gasteiger partial charge >= 0.3 is 11.9 Å². The second kappa shape index (κ2) is 8.59. The first-order valence-corrected chi connectivity index (χ1v) is 14.3. The fourth-order valence-corrected chi connectivity index (χ4v) is 8.01. The van der Waals surface area contributed by atoms with Crippen molar-refractivity contribution >= 4 is 11.9 Å². The van der Waals surface area contributed by atoms with Gasteiger partial charge in [-0.1, -0.05) is 25.2 Å². The summed E-state index contributed by atoms with van der Waals surface area (Å²) >= 11 is 0. The summed E-state index contributed by atoms with van der Waals surface area (Å²) in [6.45, 7) is 7.77. The molecule has 0 radical (unpaired) electrons. The number of aliphatic hydroxyl groups excluding tert-OH is 2. The summed E-state index contributed by atoms with van der Waals surface area (Å²) in [5.41, 5.74) is -3.51. The molecule has 0 aromatic heterocycles. The molecule has 13 atom stereocenters. The van der Waals surface area contributed by atoms with Crippen molar-refractivity contribution in [2.75, 3.05) is 19.8 Å². The Kier molecular flexibility index (Phi) is 5.80. The molecule has 2 aliphatic carbocycles. The zero-order valence-corrected chi connectivity index (χ0v) is 23.2. The van der Waals surface area contributed by atoms with Crippen LogP contribution in [0.15, 0.2) is 24.3 Å². The molecule has 5 heterocycles. The normalized spacial score (nSPS) is 57.2. The number of ether oxygens (including phenoxy) is 7. The molecule has 0 bridgehead atoms. The minimum atomic E-state index is -1.17. The van der Waals surface area contributed by atoms with Crippen molar-refractivity contribution in [2.24, 2.45) is 10.8 Å². The first kappa shape index (κ1) is 27.0. The summed E-state index contributed by atoms with van der Waals surface area (Å²) in [7, 11) is 0. The molecular weight excluding hydrogens is 524 g/mol. The number of aliphatic hydroxyl groups is 2. The number of epoxide rings is 3. The molecule has 2 N–H and O–H groups in total. The summed E-state index contributed by atoms with van der Waals surface area (Å²) in [6, 6.07) is 0. The van der Waals surface area contributed by atoms with Gasteiger partial charge in [-0.3, -0.25) is 0 Å². The van der Waals surface area contributed by atoms with Crippen LogP contribution in [-0.2, 0) is 42.7 Å². The average molecular weight is 563 g/mol. The van der Waals surface area contributed by atoms with Gasteiger partial charge in [-0.15, -0.1) is 0 Å². The van der Waals surface area contributed by atoms with Crippen molar-refractivity contribution in [3.8, 4) is 0 Å². The Hall–Kier alpha value is -1.86. The highest BCUT2D eigenvalue weighted by molar-refractivity contribution is 5.82. The summed E-state index contributed by atoms with van der Waals surface area (Å²) in [5.74, 6) is -1.08. The van der Waals surface area contributed by atoms with Crippen molar-refractivity contribution < 1.29 is 53.0 Å². The lowest BCUT2D eigenvalue weighted by atomic mass is 9.42. The lowest BCUT2D eigenvalue weighted by Gasteiger charge is -2.62. The fraction of sp³-hybridized carbons (Fsp3) is 0.793. The summed E-state index contributed by atoms with van der Waals surface area (Å²) in [5, 5.41) is 20.9. The minimum absolute atomic E-state index is 0.0384. The highest BCUT2D eigenvalue weighted by atomic mass is 16.7. The smallest absolute Gasteiger partial charge is 0.338 e. The lowest BCUT2D eigenvalue weighted by molar-refractivity contribution is -0.250. The van der Waals surface area contributed by atoms with Crippen LogP contribution in [-0.4, -0.2) is 108 Å². The molecule has 7 aliphatic rings. The van der Waals surface area contributed by atoms with E-state index in [9.17, 15) is 19.8 Å².